The van der Waals surface area contributed by atoms with Crippen molar-refractivity contribution in [2.75, 3.05) is 5.32 Å². The Morgan fingerprint density at radius 2 is 2.04 bits per heavy atom. The maximum Gasteiger partial charge on any atom is 0.413 e. The average molecular weight is 346 g/mol. The molecule has 1 amide bonds. The molecule has 2 heterocycles. The van der Waals surface area contributed by atoms with Crippen molar-refractivity contribution in [1.82, 2.24) is 14.4 Å². The molecule has 9 heteroatoms. The number of nitrogens with zero attached hydrogens (tertiary/aromatic N) is 3. The summed E-state index contributed by atoms with van der Waals surface area (Å²) in [6.07, 6.45) is 0.407. The van der Waals surface area contributed by atoms with Crippen molar-refractivity contribution in [2.24, 2.45) is 0 Å². The topological polar surface area (TPSA) is 106 Å². The summed E-state index contributed by atoms with van der Waals surface area (Å²) in [6.45, 7) is 5.09. The van der Waals surface area contributed by atoms with E-state index in [2.05, 4.69) is 15.3 Å². The van der Waals surface area contributed by atoms with Gasteiger partial charge in [0.05, 0.1) is 16.6 Å². The predicted octanol–water partition coefficient (Wildman–Crippen LogP) is 3.07. The van der Waals surface area contributed by atoms with E-state index in [1.807, 2.05) is 0 Å². The minimum Gasteiger partial charge on any atom is -0.478 e. The number of halogens is 1. The highest BCUT2D eigenvalue weighted by Gasteiger charge is 2.21. The number of hydrogen-bond donors (Lipinski definition) is 2. The summed E-state index contributed by atoms with van der Waals surface area (Å²) in [5.41, 5.74) is -0.0766. The molecule has 0 aliphatic carbocycles. The average Bonchev–Trinajstić information content (AvgIpc) is 2.87. The van der Waals surface area contributed by atoms with Crippen molar-refractivity contribution in [2.45, 2.75) is 26.4 Å². The zero-order chi connectivity index (χ0) is 18.4. The summed E-state index contributed by atoms with van der Waals surface area (Å²) in [4.78, 5) is 30.9. The SMILES string of the molecule is CC(C)(C)OC(=O)Nc1nc2ccc(C(=O)O)cc2n2cnc(F)c12. The Bertz CT molecular complexity index is 1010. The summed E-state index contributed by atoms with van der Waals surface area (Å²) >= 11 is 0. The molecule has 0 aliphatic heterocycles. The molecule has 2 aromatic heterocycles. The van der Waals surface area contributed by atoms with Gasteiger partial charge >= 0.3 is 12.1 Å². The van der Waals surface area contributed by atoms with Gasteiger partial charge in [0.25, 0.3) is 0 Å². The quantitative estimate of drug-likeness (QED) is 0.739. The number of rotatable bonds is 2. The Kier molecular flexibility index (Phi) is 3.78. The number of carboxylic acids is 1. The third kappa shape index (κ3) is 3.21. The Labute approximate surface area is 141 Å². The second kappa shape index (κ2) is 5.69. The lowest BCUT2D eigenvalue weighted by Gasteiger charge is -2.19. The molecule has 0 fully saturated rings. The number of anilines is 1. The Morgan fingerprint density at radius 3 is 2.68 bits per heavy atom. The molecule has 0 spiro atoms. The van der Waals surface area contributed by atoms with Gasteiger partial charge in [0.2, 0.25) is 5.95 Å². The zero-order valence-electron chi connectivity index (χ0n) is 13.7. The number of ether oxygens (including phenoxy) is 1. The lowest BCUT2D eigenvalue weighted by Crippen LogP contribution is -2.27. The summed E-state index contributed by atoms with van der Waals surface area (Å²) in [5.74, 6) is -2.03. The van der Waals surface area contributed by atoms with E-state index in [1.165, 1.54) is 28.9 Å². The van der Waals surface area contributed by atoms with Crippen molar-refractivity contribution in [1.29, 1.82) is 0 Å². The van der Waals surface area contributed by atoms with Crippen LogP contribution in [0.15, 0.2) is 24.5 Å². The highest BCUT2D eigenvalue weighted by Crippen LogP contribution is 2.25. The molecule has 1 aromatic carbocycles. The number of hydrogen-bond acceptors (Lipinski definition) is 5. The Hall–Kier alpha value is -3.23. The van der Waals surface area contributed by atoms with Crippen LogP contribution in [-0.2, 0) is 4.74 Å². The second-order valence-electron chi connectivity index (χ2n) is 6.35. The fourth-order valence-electron chi connectivity index (χ4n) is 2.33. The predicted molar refractivity (Wildman–Crippen MR) is 87.3 cm³/mol. The third-order valence-corrected chi connectivity index (χ3v) is 3.28. The van der Waals surface area contributed by atoms with Crippen molar-refractivity contribution >= 4 is 34.4 Å². The third-order valence-electron chi connectivity index (χ3n) is 3.28. The normalized spacial score (nSPS) is 11.7. The minimum absolute atomic E-state index is 0.0255. The van der Waals surface area contributed by atoms with Gasteiger partial charge in [-0.25, -0.2) is 19.6 Å². The maximum absolute atomic E-state index is 14.1. The maximum atomic E-state index is 14.1. The van der Waals surface area contributed by atoms with Crippen LogP contribution in [0.3, 0.4) is 0 Å². The van der Waals surface area contributed by atoms with Crippen LogP contribution in [0.2, 0.25) is 0 Å². The number of fused-ring (bicyclic) bond motifs is 3. The first-order valence-corrected chi connectivity index (χ1v) is 7.35. The number of carbonyl (C=O) groups is 2. The summed E-state index contributed by atoms with van der Waals surface area (Å²) < 4.78 is 20.6. The van der Waals surface area contributed by atoms with E-state index in [0.717, 1.165) is 0 Å². The first-order valence-electron chi connectivity index (χ1n) is 7.35. The molecule has 0 aliphatic rings. The monoisotopic (exact) mass is 346 g/mol. The van der Waals surface area contributed by atoms with Crippen LogP contribution >= 0.6 is 0 Å². The smallest absolute Gasteiger partial charge is 0.413 e. The van der Waals surface area contributed by atoms with Gasteiger partial charge in [0, 0.05) is 0 Å². The van der Waals surface area contributed by atoms with Gasteiger partial charge in [-0.3, -0.25) is 9.72 Å². The lowest BCUT2D eigenvalue weighted by molar-refractivity contribution is 0.0633. The van der Waals surface area contributed by atoms with Crippen molar-refractivity contribution < 1.29 is 23.8 Å². The molecule has 130 valence electrons. The van der Waals surface area contributed by atoms with Gasteiger partial charge in [0.1, 0.15) is 17.4 Å². The number of aromatic nitrogens is 3. The van der Waals surface area contributed by atoms with E-state index in [0.29, 0.717) is 11.0 Å². The fraction of sp³-hybridized carbons (Fsp3) is 0.250. The van der Waals surface area contributed by atoms with Gasteiger partial charge in [-0.1, -0.05) is 0 Å². The van der Waals surface area contributed by atoms with E-state index in [-0.39, 0.29) is 16.9 Å². The van der Waals surface area contributed by atoms with Crippen LogP contribution in [0, 0.1) is 5.95 Å². The summed E-state index contributed by atoms with van der Waals surface area (Å²) in [5, 5.41) is 11.5. The molecular formula is C16H15FN4O4. The number of imidazole rings is 1. The number of aromatic carboxylic acids is 1. The number of nitrogens with one attached hydrogen (secondary N) is 1. The first-order chi connectivity index (χ1) is 11.7. The van der Waals surface area contributed by atoms with Gasteiger partial charge in [-0.05, 0) is 39.0 Å². The Morgan fingerprint density at radius 1 is 1.32 bits per heavy atom. The van der Waals surface area contributed by atoms with Crippen LogP contribution in [0.5, 0.6) is 0 Å². The first kappa shape index (κ1) is 16.6. The molecule has 3 aromatic rings. The number of amides is 1. The van der Waals surface area contributed by atoms with E-state index in [1.54, 1.807) is 20.8 Å². The standard InChI is InChI=1S/C16H15FN4O4/c1-16(2,3)25-15(24)20-13-11-12(17)18-7-21(11)10-6-8(14(22)23)4-5-9(10)19-13/h4-7H,1-3H3,(H,22,23)(H,19,20,24). The molecule has 0 atom stereocenters. The van der Waals surface area contributed by atoms with Gasteiger partial charge < -0.3 is 9.84 Å². The van der Waals surface area contributed by atoms with Crippen molar-refractivity contribution in [3.05, 3.63) is 36.0 Å². The number of carboxylic acid groups (broad SMARTS) is 1. The molecule has 8 nitrogen and oxygen atoms in total. The van der Waals surface area contributed by atoms with E-state index in [4.69, 9.17) is 9.84 Å². The second-order valence-corrected chi connectivity index (χ2v) is 6.35. The van der Waals surface area contributed by atoms with Gasteiger partial charge in [-0.15, -0.1) is 0 Å². The van der Waals surface area contributed by atoms with Crippen molar-refractivity contribution in [3.63, 3.8) is 0 Å². The molecule has 0 bridgehead atoms. The zero-order valence-corrected chi connectivity index (χ0v) is 13.7. The molecule has 0 saturated heterocycles. The summed E-state index contributed by atoms with van der Waals surface area (Å²) in [7, 11) is 0. The molecule has 25 heavy (non-hydrogen) atoms. The van der Waals surface area contributed by atoms with Gasteiger partial charge in [-0.2, -0.15) is 4.39 Å². The van der Waals surface area contributed by atoms with E-state index < -0.39 is 23.6 Å². The lowest BCUT2D eigenvalue weighted by atomic mass is 10.2. The van der Waals surface area contributed by atoms with Crippen LogP contribution in [0.25, 0.3) is 16.6 Å². The molecular weight excluding hydrogens is 331 g/mol. The highest BCUT2D eigenvalue weighted by atomic mass is 19.1. The molecule has 2 N–H and O–H groups in total. The van der Waals surface area contributed by atoms with Crippen LogP contribution in [0.1, 0.15) is 31.1 Å². The van der Waals surface area contributed by atoms with Crippen LogP contribution < -0.4 is 5.32 Å². The van der Waals surface area contributed by atoms with Crippen LogP contribution in [0.4, 0.5) is 15.0 Å². The molecule has 0 unspecified atom stereocenters. The number of benzene rings is 1. The van der Waals surface area contributed by atoms with Crippen molar-refractivity contribution in [3.8, 4) is 0 Å². The summed E-state index contributed by atoms with van der Waals surface area (Å²) in [6, 6.07) is 4.19. The largest absolute Gasteiger partial charge is 0.478 e. The van der Waals surface area contributed by atoms with E-state index >= 15 is 0 Å². The van der Waals surface area contributed by atoms with E-state index in [9.17, 15) is 14.0 Å². The molecule has 3 rings (SSSR count). The highest BCUT2D eigenvalue weighted by molar-refractivity contribution is 5.96. The fourth-order valence-corrected chi connectivity index (χ4v) is 2.33. The minimum atomic E-state index is -1.12. The number of carbonyl (C=O) groups excluding carboxylic acids is 1. The van der Waals surface area contributed by atoms with Crippen LogP contribution in [-0.4, -0.2) is 37.1 Å². The Balaban J connectivity index is 2.15. The van der Waals surface area contributed by atoms with Gasteiger partial charge in [0.15, 0.2) is 5.82 Å². The molecule has 0 radical (unpaired) electrons. The molecule has 0 saturated carbocycles.